The van der Waals surface area contributed by atoms with Crippen LogP contribution in [0.5, 0.6) is 0 Å². The smallest absolute Gasteiger partial charge is 0.109 e. The van der Waals surface area contributed by atoms with Crippen molar-refractivity contribution in [3.05, 3.63) is 17.5 Å². The lowest BCUT2D eigenvalue weighted by molar-refractivity contribution is 0.423. The van der Waals surface area contributed by atoms with Gasteiger partial charge in [-0.2, -0.15) is 5.10 Å². The van der Waals surface area contributed by atoms with Crippen molar-refractivity contribution in [3.63, 3.8) is 0 Å². The zero-order valence-corrected chi connectivity index (χ0v) is 8.26. The average molecular weight is 172 g/mol. The minimum atomic E-state index is -0.345. The van der Waals surface area contributed by atoms with Crippen molar-refractivity contribution in [3.8, 4) is 0 Å². The quantitative estimate of drug-likeness (QED) is 0.670. The highest BCUT2D eigenvalue weighted by molar-refractivity contribution is 5.12. The third kappa shape index (κ3) is 2.64. The molecule has 0 aliphatic heterocycles. The largest absolute Gasteiger partial charge is 0.267 e. The number of hydrogen-bond acceptors (Lipinski definition) is 1. The van der Waals surface area contributed by atoms with Gasteiger partial charge in [0.25, 0.3) is 0 Å². The second-order valence-corrected chi connectivity index (χ2v) is 2.33. The molecule has 70 valence electrons. The van der Waals surface area contributed by atoms with Crippen molar-refractivity contribution in [2.75, 3.05) is 6.67 Å². The molecule has 3 heteroatoms. The predicted molar refractivity (Wildman–Crippen MR) is 49.0 cm³/mol. The van der Waals surface area contributed by atoms with Crippen LogP contribution in [0.25, 0.3) is 0 Å². The Labute approximate surface area is 73.4 Å². The van der Waals surface area contributed by atoms with Gasteiger partial charge < -0.3 is 0 Å². The van der Waals surface area contributed by atoms with Gasteiger partial charge in [0.1, 0.15) is 6.67 Å². The molecule has 0 aliphatic rings. The van der Waals surface area contributed by atoms with Crippen molar-refractivity contribution < 1.29 is 4.39 Å². The summed E-state index contributed by atoms with van der Waals surface area (Å²) in [5.74, 6) is 0. The molecule has 0 aliphatic carbocycles. The van der Waals surface area contributed by atoms with E-state index in [1.54, 1.807) is 10.9 Å². The van der Waals surface area contributed by atoms with Crippen molar-refractivity contribution in [2.45, 2.75) is 34.2 Å². The van der Waals surface area contributed by atoms with E-state index in [0.717, 1.165) is 11.3 Å². The summed E-state index contributed by atoms with van der Waals surface area (Å²) in [5, 5.41) is 3.98. The summed E-state index contributed by atoms with van der Waals surface area (Å²) in [7, 11) is 0. The van der Waals surface area contributed by atoms with E-state index < -0.39 is 0 Å². The van der Waals surface area contributed by atoms with Gasteiger partial charge in [0, 0.05) is 5.69 Å². The minimum Gasteiger partial charge on any atom is -0.267 e. The van der Waals surface area contributed by atoms with Crippen LogP contribution in [-0.4, -0.2) is 16.5 Å². The molecule has 0 spiro atoms. The zero-order chi connectivity index (χ0) is 9.56. The monoisotopic (exact) mass is 172 g/mol. The highest BCUT2D eigenvalue weighted by Gasteiger charge is 1.99. The van der Waals surface area contributed by atoms with Gasteiger partial charge in [-0.15, -0.1) is 0 Å². The maximum Gasteiger partial charge on any atom is 0.109 e. The molecule has 1 aromatic heterocycles. The Morgan fingerprint density at radius 3 is 2.33 bits per heavy atom. The van der Waals surface area contributed by atoms with Crippen LogP contribution in [-0.2, 0) is 6.54 Å². The second kappa shape index (κ2) is 5.75. The highest BCUT2D eigenvalue weighted by atomic mass is 19.1. The third-order valence-corrected chi connectivity index (χ3v) is 1.64. The van der Waals surface area contributed by atoms with E-state index in [0.29, 0.717) is 6.54 Å². The molecular weight excluding hydrogens is 155 g/mol. The lowest BCUT2D eigenvalue weighted by atomic mass is 10.3. The maximum absolute atomic E-state index is 11.8. The van der Waals surface area contributed by atoms with E-state index in [2.05, 4.69) is 5.10 Å². The fourth-order valence-electron chi connectivity index (χ4n) is 0.845. The van der Waals surface area contributed by atoms with Gasteiger partial charge in [-0.25, -0.2) is 4.39 Å². The summed E-state index contributed by atoms with van der Waals surface area (Å²) in [6.45, 7) is 7.94. The fraction of sp³-hybridized carbons (Fsp3) is 0.667. The van der Waals surface area contributed by atoms with Gasteiger partial charge in [0.2, 0.25) is 0 Å². The summed E-state index contributed by atoms with van der Waals surface area (Å²) >= 11 is 0. The summed E-state index contributed by atoms with van der Waals surface area (Å²) in [4.78, 5) is 0. The minimum absolute atomic E-state index is 0.345. The van der Waals surface area contributed by atoms with Crippen LogP contribution in [0.1, 0.15) is 25.1 Å². The van der Waals surface area contributed by atoms with E-state index in [4.69, 9.17) is 0 Å². The number of nitrogens with zero attached hydrogens (tertiary/aromatic N) is 2. The first kappa shape index (κ1) is 11.1. The van der Waals surface area contributed by atoms with Crippen molar-refractivity contribution in [1.82, 2.24) is 9.78 Å². The molecule has 0 bridgehead atoms. The molecule has 0 atom stereocenters. The molecule has 0 saturated heterocycles. The lowest BCUT2D eigenvalue weighted by Gasteiger charge is -1.98. The normalized spacial score (nSPS) is 9.08. The summed E-state index contributed by atoms with van der Waals surface area (Å²) in [6.07, 6.45) is 1.75. The molecule has 0 fully saturated rings. The summed E-state index contributed by atoms with van der Waals surface area (Å²) in [6, 6.07) is 0. The van der Waals surface area contributed by atoms with Gasteiger partial charge in [-0.1, -0.05) is 13.8 Å². The highest BCUT2D eigenvalue weighted by Crippen LogP contribution is 2.03. The van der Waals surface area contributed by atoms with Crippen molar-refractivity contribution >= 4 is 0 Å². The van der Waals surface area contributed by atoms with Crippen molar-refractivity contribution in [2.24, 2.45) is 0 Å². The van der Waals surface area contributed by atoms with Crippen LogP contribution in [0.4, 0.5) is 4.39 Å². The topological polar surface area (TPSA) is 17.8 Å². The predicted octanol–water partition coefficient (Wildman–Crippen LogP) is 2.50. The standard InChI is InChI=1S/C7H11FN2.C2H6/c1-6-5-9-10(4-3-8)7(6)2;1-2/h5H,3-4H2,1-2H3;1-2H3. The number of hydrogen-bond donors (Lipinski definition) is 0. The van der Waals surface area contributed by atoms with Gasteiger partial charge in [0.05, 0.1) is 12.7 Å². The average Bonchev–Trinajstić information content (AvgIpc) is 2.41. The van der Waals surface area contributed by atoms with Crippen LogP contribution in [0.2, 0.25) is 0 Å². The molecule has 0 unspecified atom stereocenters. The molecule has 0 N–H and O–H groups in total. The Balaban J connectivity index is 0.000000561. The second-order valence-electron chi connectivity index (χ2n) is 2.33. The lowest BCUT2D eigenvalue weighted by Crippen LogP contribution is -2.03. The van der Waals surface area contributed by atoms with Gasteiger partial charge in [0.15, 0.2) is 0 Å². The number of aromatic nitrogens is 2. The SMILES string of the molecule is CC.Cc1cnn(CCF)c1C. The molecule has 12 heavy (non-hydrogen) atoms. The summed E-state index contributed by atoms with van der Waals surface area (Å²) in [5.41, 5.74) is 2.17. The van der Waals surface area contributed by atoms with Gasteiger partial charge in [-0.3, -0.25) is 4.68 Å². The molecule has 0 saturated carbocycles. The van der Waals surface area contributed by atoms with Crippen LogP contribution in [0.3, 0.4) is 0 Å². The van der Waals surface area contributed by atoms with Crippen LogP contribution in [0, 0.1) is 13.8 Å². The van der Waals surface area contributed by atoms with E-state index in [-0.39, 0.29) is 6.67 Å². The first-order valence-electron chi connectivity index (χ1n) is 4.30. The zero-order valence-electron chi connectivity index (χ0n) is 8.26. The number of alkyl halides is 1. The maximum atomic E-state index is 11.8. The Hall–Kier alpha value is -0.860. The van der Waals surface area contributed by atoms with Crippen LogP contribution >= 0.6 is 0 Å². The Morgan fingerprint density at radius 2 is 2.00 bits per heavy atom. The number of aryl methyl sites for hydroxylation is 2. The van der Waals surface area contributed by atoms with Crippen LogP contribution < -0.4 is 0 Å². The molecule has 1 heterocycles. The fourth-order valence-corrected chi connectivity index (χ4v) is 0.845. The molecule has 1 rings (SSSR count). The van der Waals surface area contributed by atoms with Gasteiger partial charge in [-0.05, 0) is 19.4 Å². The van der Waals surface area contributed by atoms with E-state index in [9.17, 15) is 4.39 Å². The first-order valence-corrected chi connectivity index (χ1v) is 4.30. The van der Waals surface area contributed by atoms with Crippen molar-refractivity contribution in [1.29, 1.82) is 0 Å². The molecule has 1 aromatic rings. The number of halogens is 1. The van der Waals surface area contributed by atoms with Gasteiger partial charge >= 0.3 is 0 Å². The van der Waals surface area contributed by atoms with E-state index in [1.165, 1.54) is 0 Å². The molecule has 2 nitrogen and oxygen atoms in total. The van der Waals surface area contributed by atoms with Crippen LogP contribution in [0.15, 0.2) is 6.20 Å². The van der Waals surface area contributed by atoms with E-state index in [1.807, 2.05) is 27.7 Å². The Morgan fingerprint density at radius 1 is 1.42 bits per heavy atom. The number of rotatable bonds is 2. The third-order valence-electron chi connectivity index (χ3n) is 1.64. The first-order chi connectivity index (χ1) is 5.75. The molecular formula is C9H17FN2. The summed E-state index contributed by atoms with van der Waals surface area (Å²) < 4.78 is 13.5. The molecule has 0 radical (unpaired) electrons. The molecule has 0 aromatic carbocycles. The van der Waals surface area contributed by atoms with E-state index >= 15 is 0 Å². The molecule has 0 amide bonds. The Bertz CT molecular complexity index is 218. The Kier molecular flexibility index (Phi) is 5.34.